The molecule has 0 amide bonds. The normalized spacial score (nSPS) is 13.2. The van der Waals surface area contributed by atoms with Gasteiger partial charge < -0.3 is 0 Å². The molecule has 0 fully saturated rings. The average Bonchev–Trinajstić information content (AvgIpc) is 3.67. The highest BCUT2D eigenvalue weighted by molar-refractivity contribution is 7.92. The Balaban J connectivity index is 1.59. The molecule has 0 aliphatic heterocycles. The van der Waals surface area contributed by atoms with Crippen molar-refractivity contribution in [2.24, 2.45) is 0 Å². The summed E-state index contributed by atoms with van der Waals surface area (Å²) in [5.74, 6) is 0. The van der Waals surface area contributed by atoms with Gasteiger partial charge in [0.1, 0.15) is 17.1 Å². The Morgan fingerprint density at radius 3 is 1.74 bits per heavy atom. The van der Waals surface area contributed by atoms with Gasteiger partial charge in [0.15, 0.2) is 6.17 Å². The summed E-state index contributed by atoms with van der Waals surface area (Å²) < 4.78 is 34.7. The molecule has 5 aromatic carbocycles. The maximum Gasteiger partial charge on any atom is 0.266 e. The van der Waals surface area contributed by atoms with Crippen molar-refractivity contribution in [3.63, 3.8) is 0 Å². The fourth-order valence-corrected chi connectivity index (χ4v) is 7.05. The SMILES string of the molecule is Cc1ccc(S(=O)(=O)N(c2ccccc2)[C@H]([C@H](c2ccccc2)n2nnc3ccccc32)n2nnc3ccccc32)cc1. The molecule has 0 saturated carbocycles. The summed E-state index contributed by atoms with van der Waals surface area (Å²) in [6, 6.07) is 40.2. The Morgan fingerprint density at radius 2 is 1.12 bits per heavy atom. The van der Waals surface area contributed by atoms with E-state index in [0.717, 1.165) is 16.6 Å². The molecule has 0 radical (unpaired) electrons. The summed E-state index contributed by atoms with van der Waals surface area (Å²) in [7, 11) is -4.18. The van der Waals surface area contributed by atoms with E-state index in [-0.39, 0.29) is 4.90 Å². The molecular weight excluding hydrogens is 558 g/mol. The van der Waals surface area contributed by atoms with E-state index in [4.69, 9.17) is 0 Å². The quantitative estimate of drug-likeness (QED) is 0.212. The fraction of sp³-hybridized carbons (Fsp3) is 0.0909. The average molecular weight is 586 g/mol. The van der Waals surface area contributed by atoms with Crippen LogP contribution in [0.1, 0.15) is 23.3 Å². The van der Waals surface area contributed by atoms with Gasteiger partial charge in [0.25, 0.3) is 10.0 Å². The number of anilines is 1. The molecule has 7 rings (SSSR count). The second-order valence-corrected chi connectivity index (χ2v) is 12.1. The molecule has 10 heteroatoms. The predicted octanol–water partition coefficient (Wildman–Crippen LogP) is 6.17. The lowest BCUT2D eigenvalue weighted by molar-refractivity contribution is 0.336. The molecular formula is C33H27N7O2S. The van der Waals surface area contributed by atoms with Crippen molar-refractivity contribution in [3.8, 4) is 0 Å². The maximum absolute atomic E-state index is 14.9. The van der Waals surface area contributed by atoms with Gasteiger partial charge >= 0.3 is 0 Å². The minimum atomic E-state index is -4.18. The minimum Gasteiger partial charge on any atom is -0.240 e. The summed E-state index contributed by atoms with van der Waals surface area (Å²) in [4.78, 5) is 0.159. The highest BCUT2D eigenvalue weighted by Crippen LogP contribution is 2.41. The van der Waals surface area contributed by atoms with Gasteiger partial charge in [-0.05, 0) is 61.0 Å². The van der Waals surface area contributed by atoms with Crippen LogP contribution in [0.25, 0.3) is 22.1 Å². The van der Waals surface area contributed by atoms with Crippen LogP contribution in [0.15, 0.2) is 138 Å². The molecule has 9 nitrogen and oxygen atoms in total. The van der Waals surface area contributed by atoms with Crippen molar-refractivity contribution in [1.29, 1.82) is 0 Å². The molecule has 0 aliphatic carbocycles. The molecule has 2 heterocycles. The number of benzene rings is 5. The summed E-state index contributed by atoms with van der Waals surface area (Å²) in [6.45, 7) is 1.93. The molecule has 0 saturated heterocycles. The summed E-state index contributed by atoms with van der Waals surface area (Å²) in [6.07, 6.45) is -0.992. The Labute approximate surface area is 248 Å². The molecule has 2 aromatic heterocycles. The zero-order chi connectivity index (χ0) is 29.4. The monoisotopic (exact) mass is 585 g/mol. The van der Waals surface area contributed by atoms with Crippen molar-refractivity contribution in [2.75, 3.05) is 4.31 Å². The Kier molecular flexibility index (Phi) is 6.67. The lowest BCUT2D eigenvalue weighted by Crippen LogP contribution is -2.44. The van der Waals surface area contributed by atoms with E-state index in [1.165, 1.54) is 4.31 Å². The Hall–Kier alpha value is -5.35. The lowest BCUT2D eigenvalue weighted by Gasteiger charge is -2.38. The first kappa shape index (κ1) is 26.5. The first-order valence-electron chi connectivity index (χ1n) is 13.8. The molecule has 2 atom stereocenters. The van der Waals surface area contributed by atoms with E-state index in [2.05, 4.69) is 20.6 Å². The van der Waals surface area contributed by atoms with E-state index >= 15 is 0 Å². The highest BCUT2D eigenvalue weighted by atomic mass is 32.2. The van der Waals surface area contributed by atoms with E-state index < -0.39 is 22.2 Å². The van der Waals surface area contributed by atoms with Crippen LogP contribution >= 0.6 is 0 Å². The van der Waals surface area contributed by atoms with Crippen molar-refractivity contribution in [3.05, 3.63) is 145 Å². The van der Waals surface area contributed by atoms with E-state index in [1.807, 2.05) is 104 Å². The first-order valence-corrected chi connectivity index (χ1v) is 15.3. The standard InChI is InChI=1S/C33H27N7O2S/c1-24-20-22-27(23-21-24)43(41,42)40(26-14-6-3-7-15-26)33(39-31-19-11-9-17-29(31)35-37-39)32(25-12-4-2-5-13-25)38-30-18-10-8-16-28(30)34-36-38/h2-23,32-33H,1H3/t32-,33+/m0/s1. The van der Waals surface area contributed by atoms with Crippen LogP contribution in [-0.4, -0.2) is 38.4 Å². The van der Waals surface area contributed by atoms with Crippen molar-refractivity contribution < 1.29 is 8.42 Å². The molecule has 43 heavy (non-hydrogen) atoms. The number of aryl methyl sites for hydroxylation is 1. The Morgan fingerprint density at radius 1 is 0.605 bits per heavy atom. The molecule has 0 bridgehead atoms. The summed E-state index contributed by atoms with van der Waals surface area (Å²) in [5.41, 5.74) is 5.02. The van der Waals surface area contributed by atoms with Gasteiger partial charge in [-0.2, -0.15) is 0 Å². The number of sulfonamides is 1. The molecule has 0 spiro atoms. The smallest absolute Gasteiger partial charge is 0.240 e. The van der Waals surface area contributed by atoms with Gasteiger partial charge in [0.2, 0.25) is 0 Å². The third kappa shape index (κ3) is 4.71. The van der Waals surface area contributed by atoms with E-state index in [1.54, 1.807) is 45.8 Å². The lowest BCUT2D eigenvalue weighted by atomic mass is 10.0. The van der Waals surface area contributed by atoms with Gasteiger partial charge in [-0.25, -0.2) is 22.1 Å². The third-order valence-electron chi connectivity index (χ3n) is 7.52. The van der Waals surface area contributed by atoms with Crippen LogP contribution < -0.4 is 4.31 Å². The number of nitrogens with zero attached hydrogens (tertiary/aromatic N) is 7. The number of para-hydroxylation sites is 3. The zero-order valence-electron chi connectivity index (χ0n) is 23.2. The highest BCUT2D eigenvalue weighted by Gasteiger charge is 2.42. The second kappa shape index (κ2) is 10.8. The first-order chi connectivity index (χ1) is 21.0. The Bertz CT molecular complexity index is 2130. The summed E-state index contributed by atoms with van der Waals surface area (Å²) in [5, 5.41) is 18.1. The number of fused-ring (bicyclic) bond motifs is 2. The number of hydrogen-bond acceptors (Lipinski definition) is 6. The van der Waals surface area contributed by atoms with Crippen molar-refractivity contribution >= 4 is 37.8 Å². The van der Waals surface area contributed by atoms with Crippen LogP contribution in [0.5, 0.6) is 0 Å². The van der Waals surface area contributed by atoms with Crippen LogP contribution in [-0.2, 0) is 10.0 Å². The van der Waals surface area contributed by atoms with E-state index in [0.29, 0.717) is 22.2 Å². The minimum absolute atomic E-state index is 0.159. The molecule has 212 valence electrons. The van der Waals surface area contributed by atoms with Crippen LogP contribution in [0.4, 0.5) is 5.69 Å². The molecule has 7 aromatic rings. The van der Waals surface area contributed by atoms with Gasteiger partial charge in [-0.15, -0.1) is 10.2 Å². The molecule has 0 unspecified atom stereocenters. The molecule has 0 N–H and O–H groups in total. The van der Waals surface area contributed by atoms with Crippen molar-refractivity contribution in [1.82, 2.24) is 30.0 Å². The van der Waals surface area contributed by atoms with Gasteiger partial charge in [-0.1, -0.05) is 101 Å². The zero-order valence-corrected chi connectivity index (χ0v) is 24.0. The van der Waals surface area contributed by atoms with Gasteiger partial charge in [-0.3, -0.25) is 0 Å². The van der Waals surface area contributed by atoms with Crippen molar-refractivity contribution in [2.45, 2.75) is 24.0 Å². The largest absolute Gasteiger partial charge is 0.266 e. The predicted molar refractivity (Wildman–Crippen MR) is 166 cm³/mol. The van der Waals surface area contributed by atoms with Crippen LogP contribution in [0, 0.1) is 6.92 Å². The molecule has 0 aliphatic rings. The number of aromatic nitrogens is 6. The number of hydrogen-bond donors (Lipinski definition) is 0. The number of rotatable bonds is 8. The second-order valence-electron chi connectivity index (χ2n) is 10.3. The topological polar surface area (TPSA) is 98.8 Å². The van der Waals surface area contributed by atoms with Gasteiger partial charge in [0, 0.05) is 0 Å². The van der Waals surface area contributed by atoms with E-state index in [9.17, 15) is 8.42 Å². The summed E-state index contributed by atoms with van der Waals surface area (Å²) >= 11 is 0. The van der Waals surface area contributed by atoms with Crippen LogP contribution in [0.3, 0.4) is 0 Å². The van der Waals surface area contributed by atoms with Crippen LogP contribution in [0.2, 0.25) is 0 Å². The maximum atomic E-state index is 14.9. The van der Waals surface area contributed by atoms with Gasteiger partial charge in [0.05, 0.1) is 21.6 Å². The third-order valence-corrected chi connectivity index (χ3v) is 9.33. The fourth-order valence-electron chi connectivity index (χ4n) is 5.46.